The van der Waals surface area contributed by atoms with Gasteiger partial charge in [0, 0.05) is 5.56 Å². The Labute approximate surface area is 142 Å². The first-order valence-electron chi connectivity index (χ1n) is 9.25. The quantitative estimate of drug-likeness (QED) is 0.441. The number of allylic oxidation sites excluding steroid dienone is 4. The zero-order valence-electron chi connectivity index (χ0n) is 14.7. The fraction of sp³-hybridized carbons (Fsp3) is 0.478. The topological polar surface area (TPSA) is 0 Å². The number of hydrogen-bond acceptors (Lipinski definition) is 0. The van der Waals surface area contributed by atoms with Gasteiger partial charge in [-0.1, -0.05) is 62.5 Å². The molecule has 1 aliphatic rings. The average molecular weight is 306 g/mol. The second-order valence-electron chi connectivity index (χ2n) is 6.59. The van der Waals surface area contributed by atoms with E-state index in [4.69, 9.17) is 0 Å². The van der Waals surface area contributed by atoms with E-state index in [2.05, 4.69) is 74.3 Å². The minimum atomic E-state index is 0.725. The zero-order valence-corrected chi connectivity index (χ0v) is 14.7. The van der Waals surface area contributed by atoms with Gasteiger partial charge >= 0.3 is 0 Å². The van der Waals surface area contributed by atoms with Crippen LogP contribution in [0.2, 0.25) is 0 Å². The highest BCUT2D eigenvalue weighted by atomic mass is 14.2. The molecular weight excluding hydrogens is 276 g/mol. The van der Waals surface area contributed by atoms with Crippen molar-refractivity contribution in [2.45, 2.75) is 58.8 Å². The summed E-state index contributed by atoms with van der Waals surface area (Å²) in [6, 6.07) is 8.67. The summed E-state index contributed by atoms with van der Waals surface area (Å²) < 4.78 is 0. The summed E-state index contributed by atoms with van der Waals surface area (Å²) in [5.74, 6) is 7.98. The summed E-state index contributed by atoms with van der Waals surface area (Å²) >= 11 is 0. The largest absolute Gasteiger partial charge is 0.0885 e. The molecular formula is C23H30. The van der Waals surface area contributed by atoms with Crippen LogP contribution < -0.4 is 0 Å². The van der Waals surface area contributed by atoms with Crippen LogP contribution in [0.25, 0.3) is 0 Å². The smallest absolute Gasteiger partial charge is 0.0249 e. The fourth-order valence-electron chi connectivity index (χ4n) is 3.21. The van der Waals surface area contributed by atoms with Gasteiger partial charge in [0.2, 0.25) is 0 Å². The van der Waals surface area contributed by atoms with Crippen LogP contribution in [0.3, 0.4) is 0 Å². The molecule has 0 atom stereocenters. The lowest BCUT2D eigenvalue weighted by molar-refractivity contribution is 0.356. The van der Waals surface area contributed by atoms with Gasteiger partial charge in [-0.05, 0) is 74.1 Å². The molecule has 2 rings (SSSR count). The van der Waals surface area contributed by atoms with Crippen LogP contribution in [0.1, 0.15) is 63.5 Å². The Morgan fingerprint density at radius 2 is 1.61 bits per heavy atom. The van der Waals surface area contributed by atoms with Crippen LogP contribution in [0.5, 0.6) is 0 Å². The Morgan fingerprint density at radius 3 is 2.22 bits per heavy atom. The highest BCUT2D eigenvalue weighted by molar-refractivity contribution is 5.38. The van der Waals surface area contributed by atoms with Gasteiger partial charge in [0.1, 0.15) is 0 Å². The molecule has 1 aliphatic carbocycles. The number of rotatable bonds is 5. The Kier molecular flexibility index (Phi) is 7.74. The standard InChI is InChI=1S/C23H30/c1-3-5-9-21-16-18-23(19-17-21)11-7-6-10-22-14-12-20(8-4-2)13-15-22/h5,7,9,11-15,21,23H,3-4,8,16-19H2,1-2H3. The monoisotopic (exact) mass is 306 g/mol. The summed E-state index contributed by atoms with van der Waals surface area (Å²) in [5, 5.41) is 0. The van der Waals surface area contributed by atoms with Crippen molar-refractivity contribution in [3.8, 4) is 11.8 Å². The van der Waals surface area contributed by atoms with Gasteiger partial charge < -0.3 is 0 Å². The molecule has 23 heavy (non-hydrogen) atoms. The molecule has 0 aromatic heterocycles. The Bertz CT molecular complexity index is 554. The number of aryl methyl sites for hydroxylation is 1. The van der Waals surface area contributed by atoms with E-state index >= 15 is 0 Å². The van der Waals surface area contributed by atoms with Crippen molar-refractivity contribution in [3.05, 3.63) is 59.7 Å². The highest BCUT2D eigenvalue weighted by Gasteiger charge is 2.16. The first kappa shape index (κ1) is 17.6. The van der Waals surface area contributed by atoms with E-state index in [1.54, 1.807) is 0 Å². The Balaban J connectivity index is 1.78. The van der Waals surface area contributed by atoms with E-state index in [-0.39, 0.29) is 0 Å². The Hall–Kier alpha value is -1.74. The fourth-order valence-corrected chi connectivity index (χ4v) is 3.21. The molecule has 0 unspecified atom stereocenters. The van der Waals surface area contributed by atoms with E-state index in [9.17, 15) is 0 Å². The van der Waals surface area contributed by atoms with E-state index in [1.165, 1.54) is 37.7 Å². The SMILES string of the molecule is CCC=CC1CCC(C=CC#Cc2ccc(CCC)cc2)CC1. The maximum atomic E-state index is 3.24. The van der Waals surface area contributed by atoms with E-state index in [1.807, 2.05) is 0 Å². The minimum absolute atomic E-state index is 0.725. The number of hydrogen-bond donors (Lipinski definition) is 0. The lowest BCUT2D eigenvalue weighted by Crippen LogP contribution is -2.11. The molecule has 0 bridgehead atoms. The maximum Gasteiger partial charge on any atom is 0.0249 e. The summed E-state index contributed by atoms with van der Waals surface area (Å²) in [6.45, 7) is 4.42. The van der Waals surface area contributed by atoms with Crippen molar-refractivity contribution in [2.24, 2.45) is 11.8 Å². The molecule has 0 aliphatic heterocycles. The van der Waals surface area contributed by atoms with Crippen molar-refractivity contribution >= 4 is 0 Å². The second-order valence-corrected chi connectivity index (χ2v) is 6.59. The van der Waals surface area contributed by atoms with Crippen LogP contribution >= 0.6 is 0 Å². The molecule has 1 aromatic carbocycles. The van der Waals surface area contributed by atoms with Crippen molar-refractivity contribution in [2.75, 3.05) is 0 Å². The summed E-state index contributed by atoms with van der Waals surface area (Å²) in [7, 11) is 0. The molecule has 0 saturated heterocycles. The molecule has 0 heterocycles. The molecule has 0 spiro atoms. The molecule has 0 radical (unpaired) electrons. The maximum absolute atomic E-state index is 3.24. The van der Waals surface area contributed by atoms with Gasteiger partial charge in [0.25, 0.3) is 0 Å². The van der Waals surface area contributed by atoms with Crippen molar-refractivity contribution in [3.63, 3.8) is 0 Å². The average Bonchev–Trinajstić information content (AvgIpc) is 2.59. The van der Waals surface area contributed by atoms with Crippen LogP contribution in [0, 0.1) is 23.7 Å². The van der Waals surface area contributed by atoms with Crippen molar-refractivity contribution in [1.29, 1.82) is 0 Å². The first-order valence-corrected chi connectivity index (χ1v) is 9.25. The van der Waals surface area contributed by atoms with Gasteiger partial charge in [0.15, 0.2) is 0 Å². The predicted molar refractivity (Wildman–Crippen MR) is 101 cm³/mol. The zero-order chi connectivity index (χ0) is 16.3. The van der Waals surface area contributed by atoms with Gasteiger partial charge in [-0.3, -0.25) is 0 Å². The number of benzene rings is 1. The van der Waals surface area contributed by atoms with E-state index in [0.717, 1.165) is 30.2 Å². The molecule has 0 N–H and O–H groups in total. The molecule has 122 valence electrons. The van der Waals surface area contributed by atoms with Crippen molar-refractivity contribution < 1.29 is 0 Å². The lowest BCUT2D eigenvalue weighted by atomic mass is 9.81. The van der Waals surface area contributed by atoms with E-state index in [0.29, 0.717) is 0 Å². The van der Waals surface area contributed by atoms with Crippen LogP contribution in [-0.4, -0.2) is 0 Å². The third-order valence-corrected chi connectivity index (χ3v) is 4.62. The summed E-state index contributed by atoms with van der Waals surface area (Å²) in [5.41, 5.74) is 2.52. The molecule has 0 nitrogen and oxygen atoms in total. The van der Waals surface area contributed by atoms with Gasteiger partial charge in [-0.15, -0.1) is 0 Å². The lowest BCUT2D eigenvalue weighted by Gasteiger charge is -2.24. The summed E-state index contributed by atoms with van der Waals surface area (Å²) in [6.07, 6.45) is 17.9. The van der Waals surface area contributed by atoms with Gasteiger partial charge in [0.05, 0.1) is 0 Å². The highest BCUT2D eigenvalue weighted by Crippen LogP contribution is 2.30. The third-order valence-electron chi connectivity index (χ3n) is 4.62. The molecule has 1 aromatic rings. The normalized spacial score (nSPS) is 21.5. The minimum Gasteiger partial charge on any atom is -0.0885 e. The van der Waals surface area contributed by atoms with Crippen LogP contribution in [-0.2, 0) is 6.42 Å². The van der Waals surface area contributed by atoms with Gasteiger partial charge in [-0.2, -0.15) is 0 Å². The molecule has 1 saturated carbocycles. The third kappa shape index (κ3) is 6.49. The summed E-state index contributed by atoms with van der Waals surface area (Å²) in [4.78, 5) is 0. The van der Waals surface area contributed by atoms with Crippen molar-refractivity contribution in [1.82, 2.24) is 0 Å². The van der Waals surface area contributed by atoms with Gasteiger partial charge in [-0.25, -0.2) is 0 Å². The molecule has 0 heteroatoms. The Morgan fingerprint density at radius 1 is 0.957 bits per heavy atom. The van der Waals surface area contributed by atoms with E-state index < -0.39 is 0 Å². The van der Waals surface area contributed by atoms with Crippen LogP contribution in [0.4, 0.5) is 0 Å². The second kappa shape index (κ2) is 10.1. The molecule has 1 fully saturated rings. The first-order chi connectivity index (χ1) is 11.3. The molecule has 0 amide bonds. The van der Waals surface area contributed by atoms with Crippen LogP contribution in [0.15, 0.2) is 48.6 Å². The predicted octanol–water partition coefficient (Wildman–Crippen LogP) is 6.32.